The van der Waals surface area contributed by atoms with Gasteiger partial charge in [-0.2, -0.15) is 0 Å². The van der Waals surface area contributed by atoms with Crippen molar-refractivity contribution >= 4 is 16.9 Å². The first-order chi connectivity index (χ1) is 12.7. The third kappa shape index (κ3) is 3.16. The Morgan fingerprint density at radius 3 is 2.04 bits per heavy atom. The van der Waals surface area contributed by atoms with Gasteiger partial charge in [0.1, 0.15) is 5.82 Å². The Kier molecular flexibility index (Phi) is 4.36. The van der Waals surface area contributed by atoms with Gasteiger partial charge in [-0.3, -0.25) is 0 Å². The van der Waals surface area contributed by atoms with E-state index in [1.165, 1.54) is 0 Å². The van der Waals surface area contributed by atoms with Crippen LogP contribution >= 0.6 is 0 Å². The van der Waals surface area contributed by atoms with Gasteiger partial charge in [-0.1, -0.05) is 74.5 Å². The Morgan fingerprint density at radius 2 is 1.46 bits per heavy atom. The Balaban J connectivity index is 1.87. The molecule has 0 N–H and O–H groups in total. The Bertz CT molecular complexity index is 1000. The van der Waals surface area contributed by atoms with E-state index in [0.717, 1.165) is 33.9 Å². The average molecular weight is 339 g/mol. The second-order valence-corrected chi connectivity index (χ2v) is 6.65. The zero-order valence-electron chi connectivity index (χ0n) is 15.0. The number of imidazole rings is 1. The number of pyridine rings is 1. The summed E-state index contributed by atoms with van der Waals surface area (Å²) < 4.78 is 2.14. The summed E-state index contributed by atoms with van der Waals surface area (Å²) in [5, 5.41) is 0. The monoisotopic (exact) mass is 339 g/mol. The predicted molar refractivity (Wildman–Crippen MR) is 107 cm³/mol. The summed E-state index contributed by atoms with van der Waals surface area (Å²) in [6, 6.07) is 24.8. The molecule has 26 heavy (non-hydrogen) atoms. The third-order valence-corrected chi connectivity index (χ3v) is 4.39. The van der Waals surface area contributed by atoms with Crippen LogP contribution in [0.15, 0.2) is 90.2 Å². The highest BCUT2D eigenvalue weighted by Gasteiger charge is 2.10. The molecule has 4 aromatic rings. The fourth-order valence-corrected chi connectivity index (χ4v) is 3.11. The van der Waals surface area contributed by atoms with Crippen molar-refractivity contribution in [2.75, 3.05) is 0 Å². The molecule has 0 spiro atoms. The number of fused-ring (bicyclic) bond motifs is 1. The van der Waals surface area contributed by atoms with Crippen molar-refractivity contribution in [2.45, 2.75) is 19.8 Å². The molecule has 0 saturated heterocycles. The standard InChI is InChI=1S/C23H21N3/c1-17(2)23-24-15-21-14-13-20(16-26(21)23)25-22(18-9-5-3-6-10-18)19-11-7-4-8-12-19/h3-17H,1-2H3. The van der Waals surface area contributed by atoms with Crippen LogP contribution in [-0.4, -0.2) is 15.1 Å². The second kappa shape index (κ2) is 6.96. The topological polar surface area (TPSA) is 29.7 Å². The maximum atomic E-state index is 5.00. The minimum Gasteiger partial charge on any atom is -0.301 e. The molecule has 0 fully saturated rings. The van der Waals surface area contributed by atoms with Crippen LogP contribution in [0.3, 0.4) is 0 Å². The lowest BCUT2D eigenvalue weighted by atomic mass is 10.0. The molecule has 0 aliphatic rings. The molecule has 0 bridgehead atoms. The fraction of sp³-hybridized carbons (Fsp3) is 0.130. The lowest BCUT2D eigenvalue weighted by Gasteiger charge is -2.09. The van der Waals surface area contributed by atoms with Crippen molar-refractivity contribution in [2.24, 2.45) is 4.99 Å². The summed E-state index contributed by atoms with van der Waals surface area (Å²) in [6.45, 7) is 4.31. The minimum atomic E-state index is 0.361. The van der Waals surface area contributed by atoms with E-state index in [1.54, 1.807) is 0 Å². The quantitative estimate of drug-likeness (QED) is 0.443. The highest BCUT2D eigenvalue weighted by atomic mass is 15.0. The summed E-state index contributed by atoms with van der Waals surface area (Å²) in [5.74, 6) is 1.41. The SMILES string of the molecule is CC(C)c1ncc2ccc(N=C(c3ccccc3)c3ccccc3)cn12. The first-order valence-corrected chi connectivity index (χ1v) is 8.89. The van der Waals surface area contributed by atoms with Crippen LogP contribution in [0.2, 0.25) is 0 Å². The number of benzene rings is 2. The van der Waals surface area contributed by atoms with Crippen LogP contribution < -0.4 is 0 Å². The van der Waals surface area contributed by atoms with Crippen LogP contribution in [0.4, 0.5) is 5.69 Å². The van der Waals surface area contributed by atoms with Crippen molar-refractivity contribution in [3.8, 4) is 0 Å². The van der Waals surface area contributed by atoms with E-state index >= 15 is 0 Å². The van der Waals surface area contributed by atoms with E-state index in [0.29, 0.717) is 5.92 Å². The zero-order valence-corrected chi connectivity index (χ0v) is 15.0. The third-order valence-electron chi connectivity index (χ3n) is 4.39. The highest BCUT2D eigenvalue weighted by Crippen LogP contribution is 2.22. The maximum Gasteiger partial charge on any atom is 0.115 e. The molecule has 0 radical (unpaired) electrons. The molecule has 4 rings (SSSR count). The largest absolute Gasteiger partial charge is 0.301 e. The van der Waals surface area contributed by atoms with Crippen molar-refractivity contribution < 1.29 is 0 Å². The molecule has 0 amide bonds. The molecule has 128 valence electrons. The fourth-order valence-electron chi connectivity index (χ4n) is 3.11. The molecule has 2 heterocycles. The van der Waals surface area contributed by atoms with Gasteiger partial charge in [0.05, 0.1) is 23.1 Å². The summed E-state index contributed by atoms with van der Waals surface area (Å²) in [6.07, 6.45) is 3.99. The summed E-state index contributed by atoms with van der Waals surface area (Å²) in [5.41, 5.74) is 5.19. The second-order valence-electron chi connectivity index (χ2n) is 6.65. The van der Waals surface area contributed by atoms with Crippen molar-refractivity contribution in [3.63, 3.8) is 0 Å². The van der Waals surface area contributed by atoms with E-state index < -0.39 is 0 Å². The number of rotatable bonds is 4. The van der Waals surface area contributed by atoms with Crippen LogP contribution in [0.25, 0.3) is 5.52 Å². The van der Waals surface area contributed by atoms with E-state index in [1.807, 2.05) is 48.7 Å². The van der Waals surface area contributed by atoms with Gasteiger partial charge in [0.15, 0.2) is 0 Å². The van der Waals surface area contributed by atoms with Crippen molar-refractivity contribution in [3.05, 3.63) is 102 Å². The van der Waals surface area contributed by atoms with E-state index in [-0.39, 0.29) is 0 Å². The summed E-state index contributed by atoms with van der Waals surface area (Å²) in [4.78, 5) is 9.54. The van der Waals surface area contributed by atoms with E-state index in [9.17, 15) is 0 Å². The number of hydrogen-bond donors (Lipinski definition) is 0. The van der Waals surface area contributed by atoms with Gasteiger partial charge in [0.25, 0.3) is 0 Å². The average Bonchev–Trinajstić information content (AvgIpc) is 3.11. The zero-order chi connectivity index (χ0) is 17.9. The molecule has 2 aromatic heterocycles. The van der Waals surface area contributed by atoms with Gasteiger partial charge in [-0.05, 0) is 12.1 Å². The predicted octanol–water partition coefficient (Wildman–Crippen LogP) is 5.63. The van der Waals surface area contributed by atoms with Gasteiger partial charge in [-0.15, -0.1) is 0 Å². The molecular formula is C23H21N3. The lowest BCUT2D eigenvalue weighted by Crippen LogP contribution is -2.03. The molecule has 0 atom stereocenters. The van der Waals surface area contributed by atoms with Gasteiger partial charge in [0.2, 0.25) is 0 Å². The summed E-state index contributed by atoms with van der Waals surface area (Å²) in [7, 11) is 0. The van der Waals surface area contributed by atoms with Gasteiger partial charge in [-0.25, -0.2) is 9.98 Å². The maximum absolute atomic E-state index is 5.00. The minimum absolute atomic E-state index is 0.361. The number of hydrogen-bond acceptors (Lipinski definition) is 2. The van der Waals surface area contributed by atoms with Crippen molar-refractivity contribution in [1.82, 2.24) is 9.38 Å². The molecule has 0 saturated carbocycles. The smallest absolute Gasteiger partial charge is 0.115 e. The molecule has 2 aromatic carbocycles. The molecule has 3 heteroatoms. The van der Waals surface area contributed by atoms with E-state index in [2.05, 4.69) is 59.8 Å². The molecule has 0 aliphatic heterocycles. The first kappa shape index (κ1) is 16.3. The molecule has 0 aliphatic carbocycles. The summed E-state index contributed by atoms with van der Waals surface area (Å²) >= 11 is 0. The van der Waals surface area contributed by atoms with Crippen LogP contribution in [-0.2, 0) is 0 Å². The first-order valence-electron chi connectivity index (χ1n) is 8.89. The van der Waals surface area contributed by atoms with Gasteiger partial charge in [0, 0.05) is 23.2 Å². The Morgan fingerprint density at radius 1 is 0.846 bits per heavy atom. The number of aromatic nitrogens is 2. The van der Waals surface area contributed by atoms with Crippen LogP contribution in [0.1, 0.15) is 36.7 Å². The number of nitrogens with zero attached hydrogens (tertiary/aromatic N) is 3. The normalized spacial score (nSPS) is 11.0. The lowest BCUT2D eigenvalue weighted by molar-refractivity contribution is 0.770. The van der Waals surface area contributed by atoms with Crippen LogP contribution in [0, 0.1) is 0 Å². The molecular weight excluding hydrogens is 318 g/mol. The van der Waals surface area contributed by atoms with E-state index in [4.69, 9.17) is 4.99 Å². The van der Waals surface area contributed by atoms with Gasteiger partial charge >= 0.3 is 0 Å². The highest BCUT2D eigenvalue weighted by molar-refractivity contribution is 6.13. The van der Waals surface area contributed by atoms with Crippen molar-refractivity contribution in [1.29, 1.82) is 0 Å². The molecule has 3 nitrogen and oxygen atoms in total. The Hall–Kier alpha value is -3.20. The van der Waals surface area contributed by atoms with Crippen LogP contribution in [0.5, 0.6) is 0 Å². The number of aliphatic imine (C=N–C) groups is 1. The Labute approximate surface area is 153 Å². The van der Waals surface area contributed by atoms with Gasteiger partial charge < -0.3 is 4.40 Å². The molecule has 0 unspecified atom stereocenters.